The van der Waals surface area contributed by atoms with Crippen LogP contribution in [0.5, 0.6) is 0 Å². The van der Waals surface area contributed by atoms with Gasteiger partial charge in [0.2, 0.25) is 0 Å². The zero-order chi connectivity index (χ0) is 19.3. The summed E-state index contributed by atoms with van der Waals surface area (Å²) in [7, 11) is -4.25. The molecule has 1 aromatic rings. The molecule has 0 bridgehead atoms. The molecule has 0 aromatic heterocycles. The molecule has 0 aliphatic carbocycles. The second kappa shape index (κ2) is 8.67. The van der Waals surface area contributed by atoms with Crippen molar-refractivity contribution in [3.05, 3.63) is 23.8 Å². The van der Waals surface area contributed by atoms with Crippen LogP contribution in [0.3, 0.4) is 0 Å². The van der Waals surface area contributed by atoms with Crippen LogP contribution in [-0.4, -0.2) is 30.6 Å². The van der Waals surface area contributed by atoms with E-state index in [0.29, 0.717) is 13.0 Å². The van der Waals surface area contributed by atoms with Gasteiger partial charge in [-0.1, -0.05) is 34.1 Å². The Kier molecular flexibility index (Phi) is 7.44. The predicted molar refractivity (Wildman–Crippen MR) is 98.7 cm³/mol. The van der Waals surface area contributed by atoms with Gasteiger partial charge in [-0.15, -0.1) is 0 Å². The van der Waals surface area contributed by atoms with E-state index in [1.807, 2.05) is 13.8 Å². The minimum absolute atomic E-state index is 0.108. The quantitative estimate of drug-likeness (QED) is 0.425. The Morgan fingerprint density at radius 2 is 1.84 bits per heavy atom. The van der Waals surface area contributed by atoms with E-state index in [-0.39, 0.29) is 22.6 Å². The fraction of sp³-hybridized carbons (Fsp3) is 0.611. The van der Waals surface area contributed by atoms with Gasteiger partial charge in [0, 0.05) is 18.7 Å². The maximum Gasteiger partial charge on any atom is 0.303 e. The number of carboxylic acids is 1. The average molecular weight is 371 g/mol. The van der Waals surface area contributed by atoms with Crippen molar-refractivity contribution in [1.82, 2.24) is 0 Å². The minimum atomic E-state index is -4.25. The Balaban J connectivity index is 2.93. The number of nitrogens with one attached hydrogen (secondary N) is 1. The van der Waals surface area contributed by atoms with Gasteiger partial charge in [0.1, 0.15) is 0 Å². The highest BCUT2D eigenvalue weighted by Gasteiger charge is 2.29. The zero-order valence-electron chi connectivity index (χ0n) is 15.4. The molecule has 142 valence electrons. The lowest BCUT2D eigenvalue weighted by atomic mass is 9.74. The third-order valence-corrected chi connectivity index (χ3v) is 5.66. The van der Waals surface area contributed by atoms with Crippen molar-refractivity contribution < 1.29 is 22.9 Å². The first kappa shape index (κ1) is 21.4. The number of carboxylic acid groups (broad SMARTS) is 1. The molecule has 0 amide bonds. The standard InChI is InChI=1S/C18H29NO5S/c1-13(2)18(3,4)15-12-14(25(22,23)24)9-10-16(15)19-11-7-5-6-8-17(20)21/h9-10,12-13,19H,5-8,11H2,1-4H3,(H,20,21)(H,22,23,24). The number of benzene rings is 1. The highest BCUT2D eigenvalue weighted by molar-refractivity contribution is 7.85. The lowest BCUT2D eigenvalue weighted by molar-refractivity contribution is -0.137. The fourth-order valence-corrected chi connectivity index (χ4v) is 2.99. The fourth-order valence-electron chi connectivity index (χ4n) is 2.48. The van der Waals surface area contributed by atoms with Crippen molar-refractivity contribution in [2.24, 2.45) is 5.92 Å². The van der Waals surface area contributed by atoms with Crippen LogP contribution in [0.1, 0.15) is 58.9 Å². The van der Waals surface area contributed by atoms with Gasteiger partial charge < -0.3 is 10.4 Å². The predicted octanol–water partition coefficient (Wildman–Crippen LogP) is 3.92. The van der Waals surface area contributed by atoms with Crippen molar-refractivity contribution in [2.45, 2.75) is 63.7 Å². The highest BCUT2D eigenvalue weighted by Crippen LogP contribution is 2.37. The third kappa shape index (κ3) is 6.32. The number of aliphatic carboxylic acids is 1. The summed E-state index contributed by atoms with van der Waals surface area (Å²) in [5.41, 5.74) is 1.39. The van der Waals surface area contributed by atoms with Crippen molar-refractivity contribution in [3.63, 3.8) is 0 Å². The Morgan fingerprint density at radius 1 is 1.20 bits per heavy atom. The maximum absolute atomic E-state index is 11.5. The zero-order valence-corrected chi connectivity index (χ0v) is 16.2. The Labute approximate surface area is 150 Å². The van der Waals surface area contributed by atoms with Crippen LogP contribution in [0.4, 0.5) is 5.69 Å². The normalized spacial score (nSPS) is 12.4. The number of unbranched alkanes of at least 4 members (excludes halogenated alkanes) is 2. The summed E-state index contributed by atoms with van der Waals surface area (Å²) in [4.78, 5) is 10.4. The molecule has 25 heavy (non-hydrogen) atoms. The Morgan fingerprint density at radius 3 is 2.36 bits per heavy atom. The van der Waals surface area contributed by atoms with Crippen LogP contribution in [-0.2, 0) is 20.3 Å². The number of carbonyl (C=O) groups is 1. The Bertz CT molecular complexity index is 695. The lowest BCUT2D eigenvalue weighted by Crippen LogP contribution is -2.26. The molecule has 0 saturated carbocycles. The summed E-state index contributed by atoms with van der Waals surface area (Å²) in [6.07, 6.45) is 2.46. The molecule has 0 unspecified atom stereocenters. The van der Waals surface area contributed by atoms with E-state index in [4.69, 9.17) is 5.11 Å². The third-order valence-electron chi connectivity index (χ3n) is 4.81. The first-order valence-electron chi connectivity index (χ1n) is 8.54. The first-order chi connectivity index (χ1) is 11.5. The molecule has 0 radical (unpaired) electrons. The summed E-state index contributed by atoms with van der Waals surface area (Å²) >= 11 is 0. The molecule has 1 rings (SSSR count). The molecule has 0 saturated heterocycles. The first-order valence-corrected chi connectivity index (χ1v) is 9.98. The summed E-state index contributed by atoms with van der Waals surface area (Å²) in [5, 5.41) is 11.9. The van der Waals surface area contributed by atoms with Crippen LogP contribution in [0.25, 0.3) is 0 Å². The van der Waals surface area contributed by atoms with E-state index in [0.717, 1.165) is 24.1 Å². The molecule has 1 aromatic carbocycles. The molecule has 0 fully saturated rings. The summed E-state index contributed by atoms with van der Waals surface area (Å²) in [5.74, 6) is -0.519. The van der Waals surface area contributed by atoms with Crippen molar-refractivity contribution >= 4 is 21.8 Å². The smallest absolute Gasteiger partial charge is 0.303 e. The number of hydrogen-bond acceptors (Lipinski definition) is 4. The van der Waals surface area contributed by atoms with Gasteiger partial charge >= 0.3 is 5.97 Å². The van der Waals surface area contributed by atoms with E-state index in [2.05, 4.69) is 19.2 Å². The number of anilines is 1. The number of hydrogen-bond donors (Lipinski definition) is 3. The van der Waals surface area contributed by atoms with Crippen molar-refractivity contribution in [3.8, 4) is 0 Å². The van der Waals surface area contributed by atoms with Gasteiger partial charge in [-0.2, -0.15) is 8.42 Å². The van der Waals surface area contributed by atoms with E-state index in [1.165, 1.54) is 12.1 Å². The topological polar surface area (TPSA) is 104 Å². The lowest BCUT2D eigenvalue weighted by Gasteiger charge is -2.32. The molecule has 7 heteroatoms. The van der Waals surface area contributed by atoms with Crippen LogP contribution < -0.4 is 5.32 Å². The van der Waals surface area contributed by atoms with Crippen molar-refractivity contribution in [1.29, 1.82) is 0 Å². The van der Waals surface area contributed by atoms with Crippen molar-refractivity contribution in [2.75, 3.05) is 11.9 Å². The maximum atomic E-state index is 11.5. The van der Waals surface area contributed by atoms with Crippen LogP contribution >= 0.6 is 0 Å². The molecule has 0 atom stereocenters. The molecule has 0 aliphatic heterocycles. The van der Waals surface area contributed by atoms with Crippen LogP contribution in [0.15, 0.2) is 23.1 Å². The second-order valence-electron chi connectivity index (χ2n) is 7.19. The molecular weight excluding hydrogens is 342 g/mol. The van der Waals surface area contributed by atoms with Gasteiger partial charge in [-0.3, -0.25) is 9.35 Å². The van der Waals surface area contributed by atoms with E-state index in [1.54, 1.807) is 6.07 Å². The van der Waals surface area contributed by atoms with E-state index < -0.39 is 16.1 Å². The molecule has 0 heterocycles. The number of rotatable bonds is 10. The average Bonchev–Trinajstić information content (AvgIpc) is 2.49. The molecule has 0 aliphatic rings. The van der Waals surface area contributed by atoms with Gasteiger partial charge in [0.15, 0.2) is 0 Å². The SMILES string of the molecule is CC(C)C(C)(C)c1cc(S(=O)(=O)O)ccc1NCCCCCC(=O)O. The van der Waals surface area contributed by atoms with Crippen LogP contribution in [0.2, 0.25) is 0 Å². The molecule has 0 spiro atoms. The summed E-state index contributed by atoms with van der Waals surface area (Å²) < 4.78 is 32.3. The summed E-state index contributed by atoms with van der Waals surface area (Å²) in [6.45, 7) is 8.88. The van der Waals surface area contributed by atoms with Gasteiger partial charge in [0.05, 0.1) is 4.90 Å². The summed E-state index contributed by atoms with van der Waals surface area (Å²) in [6, 6.07) is 4.60. The van der Waals surface area contributed by atoms with Crippen LogP contribution in [0, 0.1) is 5.92 Å². The van der Waals surface area contributed by atoms with Gasteiger partial charge in [-0.25, -0.2) is 0 Å². The molecular formula is C18H29NO5S. The van der Waals surface area contributed by atoms with E-state index >= 15 is 0 Å². The van der Waals surface area contributed by atoms with Gasteiger partial charge in [0.25, 0.3) is 10.1 Å². The molecule has 6 nitrogen and oxygen atoms in total. The largest absolute Gasteiger partial charge is 0.481 e. The highest BCUT2D eigenvalue weighted by atomic mass is 32.2. The monoisotopic (exact) mass is 371 g/mol. The molecule has 3 N–H and O–H groups in total. The second-order valence-corrected chi connectivity index (χ2v) is 8.61. The van der Waals surface area contributed by atoms with Gasteiger partial charge in [-0.05, 0) is 47.9 Å². The minimum Gasteiger partial charge on any atom is -0.481 e. The van der Waals surface area contributed by atoms with E-state index in [9.17, 15) is 17.8 Å². The Hall–Kier alpha value is -1.60.